The highest BCUT2D eigenvalue weighted by Gasteiger charge is 2.23. The van der Waals surface area contributed by atoms with Gasteiger partial charge in [0, 0.05) is 16.0 Å². The second-order valence-corrected chi connectivity index (χ2v) is 7.75. The second kappa shape index (κ2) is 5.14. The molecule has 0 aliphatic carbocycles. The van der Waals surface area contributed by atoms with Crippen molar-refractivity contribution in [3.8, 4) is 0 Å². The highest BCUT2D eigenvalue weighted by Crippen LogP contribution is 2.25. The molecular formula is C11H11IN2O2S2. The summed E-state index contributed by atoms with van der Waals surface area (Å²) in [7, 11) is -2.00. The first-order valence-corrected chi connectivity index (χ1v) is 8.48. The summed E-state index contributed by atoms with van der Waals surface area (Å²) in [6.45, 7) is 1.84. The van der Waals surface area contributed by atoms with Crippen molar-refractivity contribution in [2.75, 3.05) is 11.4 Å². The summed E-state index contributed by atoms with van der Waals surface area (Å²) >= 11 is 3.45. The third-order valence-corrected chi connectivity index (χ3v) is 5.98. The van der Waals surface area contributed by atoms with E-state index < -0.39 is 10.0 Å². The molecule has 7 heteroatoms. The quantitative estimate of drug-likeness (QED) is 0.753. The molecule has 0 unspecified atom stereocenters. The van der Waals surface area contributed by atoms with Gasteiger partial charge in [0.1, 0.15) is 0 Å². The van der Waals surface area contributed by atoms with Gasteiger partial charge in [-0.3, -0.25) is 0 Å². The molecule has 0 radical (unpaired) electrons. The van der Waals surface area contributed by atoms with E-state index in [9.17, 15) is 8.42 Å². The fourth-order valence-electron chi connectivity index (χ4n) is 1.35. The number of aryl methyl sites for hydroxylation is 1. The Labute approximate surface area is 124 Å². The molecule has 0 aliphatic rings. The predicted molar refractivity (Wildman–Crippen MR) is 81.6 cm³/mol. The first kappa shape index (κ1) is 13.8. The number of thiazole rings is 1. The molecule has 0 N–H and O–H groups in total. The Hall–Kier alpha value is -0.670. The first-order valence-electron chi connectivity index (χ1n) is 5.08. The van der Waals surface area contributed by atoms with Crippen molar-refractivity contribution in [3.05, 3.63) is 38.9 Å². The third-order valence-electron chi connectivity index (χ3n) is 2.35. The Morgan fingerprint density at radius 1 is 1.28 bits per heavy atom. The Morgan fingerprint density at radius 3 is 2.39 bits per heavy atom. The van der Waals surface area contributed by atoms with Crippen molar-refractivity contribution in [2.24, 2.45) is 0 Å². The number of hydrogen-bond donors (Lipinski definition) is 0. The number of rotatable bonds is 3. The van der Waals surface area contributed by atoms with Crippen LogP contribution in [0.2, 0.25) is 0 Å². The number of sulfonamides is 1. The van der Waals surface area contributed by atoms with Gasteiger partial charge in [0.25, 0.3) is 10.0 Å². The summed E-state index contributed by atoms with van der Waals surface area (Å²) in [5.74, 6) is 0. The Bertz CT molecular complexity index is 650. The van der Waals surface area contributed by atoms with Gasteiger partial charge in [0.15, 0.2) is 5.13 Å². The van der Waals surface area contributed by atoms with Crippen LogP contribution in [0.5, 0.6) is 0 Å². The van der Waals surface area contributed by atoms with Crippen molar-refractivity contribution in [1.29, 1.82) is 0 Å². The topological polar surface area (TPSA) is 50.3 Å². The molecule has 2 rings (SSSR count). The van der Waals surface area contributed by atoms with Crippen LogP contribution in [0.25, 0.3) is 0 Å². The molecule has 0 bridgehead atoms. The lowest BCUT2D eigenvalue weighted by Gasteiger charge is -2.16. The largest absolute Gasteiger partial charge is 0.265 e. The van der Waals surface area contributed by atoms with Gasteiger partial charge in [-0.05, 0) is 53.8 Å². The van der Waals surface area contributed by atoms with E-state index >= 15 is 0 Å². The third kappa shape index (κ3) is 2.67. The fraction of sp³-hybridized carbons (Fsp3) is 0.182. The van der Waals surface area contributed by atoms with E-state index in [1.54, 1.807) is 24.3 Å². The molecule has 2 aromatic rings. The number of nitrogens with zero attached hydrogens (tertiary/aromatic N) is 2. The number of hydrogen-bond acceptors (Lipinski definition) is 4. The standard InChI is InChI=1S/C11H11IN2O2S2/c1-8-7-17-11(13-8)14(2)18(15,16)10-5-3-9(12)4-6-10/h3-7H,1-2H3. The molecule has 96 valence electrons. The van der Waals surface area contributed by atoms with Gasteiger partial charge in [0.05, 0.1) is 10.6 Å². The van der Waals surface area contributed by atoms with E-state index in [4.69, 9.17) is 0 Å². The minimum atomic E-state index is -3.52. The van der Waals surface area contributed by atoms with Crippen LogP contribution in [-0.4, -0.2) is 20.4 Å². The first-order chi connectivity index (χ1) is 8.41. The molecule has 1 aromatic heterocycles. The van der Waals surface area contributed by atoms with Gasteiger partial charge in [-0.15, -0.1) is 11.3 Å². The zero-order valence-electron chi connectivity index (χ0n) is 9.79. The molecule has 0 fully saturated rings. The molecule has 1 heterocycles. The Morgan fingerprint density at radius 2 is 1.89 bits per heavy atom. The molecule has 0 amide bonds. The van der Waals surface area contributed by atoms with Crippen LogP contribution in [0.1, 0.15) is 5.69 Å². The van der Waals surface area contributed by atoms with Gasteiger partial charge in [-0.25, -0.2) is 17.7 Å². The molecule has 18 heavy (non-hydrogen) atoms. The van der Waals surface area contributed by atoms with E-state index in [-0.39, 0.29) is 4.90 Å². The summed E-state index contributed by atoms with van der Waals surface area (Å²) < 4.78 is 26.9. The average molecular weight is 394 g/mol. The van der Waals surface area contributed by atoms with Crippen molar-refractivity contribution >= 4 is 49.1 Å². The van der Waals surface area contributed by atoms with Gasteiger partial charge in [0.2, 0.25) is 0 Å². The van der Waals surface area contributed by atoms with E-state index in [2.05, 4.69) is 27.6 Å². The van der Waals surface area contributed by atoms with E-state index in [1.807, 2.05) is 12.3 Å². The van der Waals surface area contributed by atoms with Gasteiger partial charge in [-0.2, -0.15) is 0 Å². The summed E-state index contributed by atoms with van der Waals surface area (Å²) in [4.78, 5) is 4.46. The summed E-state index contributed by atoms with van der Waals surface area (Å²) in [6, 6.07) is 6.75. The zero-order chi connectivity index (χ0) is 13.3. The molecule has 0 aliphatic heterocycles. The number of halogens is 1. The Kier molecular flexibility index (Phi) is 3.93. The van der Waals surface area contributed by atoms with Crippen molar-refractivity contribution in [1.82, 2.24) is 4.98 Å². The maximum atomic E-state index is 12.3. The summed E-state index contributed by atoms with van der Waals surface area (Å²) in [5.41, 5.74) is 0.819. The normalized spacial score (nSPS) is 11.5. The van der Waals surface area contributed by atoms with Crippen LogP contribution >= 0.6 is 33.9 Å². The number of anilines is 1. The minimum Gasteiger partial charge on any atom is -0.244 e. The molecule has 1 aromatic carbocycles. The second-order valence-electron chi connectivity index (χ2n) is 3.70. The predicted octanol–water partition coefficient (Wildman–Crippen LogP) is 2.88. The minimum absolute atomic E-state index is 0.276. The molecule has 4 nitrogen and oxygen atoms in total. The molecular weight excluding hydrogens is 383 g/mol. The van der Waals surface area contributed by atoms with E-state index in [1.165, 1.54) is 22.7 Å². The SMILES string of the molecule is Cc1csc(N(C)S(=O)(=O)c2ccc(I)cc2)n1. The van der Waals surface area contributed by atoms with E-state index in [0.29, 0.717) is 5.13 Å². The molecule has 0 saturated carbocycles. The smallest absolute Gasteiger partial charge is 0.244 e. The lowest BCUT2D eigenvalue weighted by Crippen LogP contribution is -2.26. The average Bonchev–Trinajstić information content (AvgIpc) is 2.75. The fourth-order valence-corrected chi connectivity index (χ4v) is 3.85. The summed E-state index contributed by atoms with van der Waals surface area (Å²) in [6.07, 6.45) is 0. The monoisotopic (exact) mass is 394 g/mol. The van der Waals surface area contributed by atoms with Crippen LogP contribution < -0.4 is 4.31 Å². The summed E-state index contributed by atoms with van der Waals surface area (Å²) in [5, 5.41) is 2.31. The lowest BCUT2D eigenvalue weighted by molar-refractivity contribution is 0.594. The molecule has 0 saturated heterocycles. The van der Waals surface area contributed by atoms with Crippen molar-refractivity contribution in [3.63, 3.8) is 0 Å². The van der Waals surface area contributed by atoms with Crippen LogP contribution in [0, 0.1) is 10.5 Å². The highest BCUT2D eigenvalue weighted by atomic mass is 127. The van der Waals surface area contributed by atoms with Gasteiger partial charge < -0.3 is 0 Å². The van der Waals surface area contributed by atoms with Crippen molar-refractivity contribution in [2.45, 2.75) is 11.8 Å². The number of aromatic nitrogens is 1. The van der Waals surface area contributed by atoms with Crippen LogP contribution in [0.4, 0.5) is 5.13 Å². The van der Waals surface area contributed by atoms with Crippen LogP contribution in [-0.2, 0) is 10.0 Å². The maximum Gasteiger partial charge on any atom is 0.265 e. The van der Waals surface area contributed by atoms with Crippen molar-refractivity contribution < 1.29 is 8.42 Å². The highest BCUT2D eigenvalue weighted by molar-refractivity contribution is 14.1. The maximum absolute atomic E-state index is 12.3. The van der Waals surface area contributed by atoms with Crippen LogP contribution in [0.3, 0.4) is 0 Å². The molecule has 0 spiro atoms. The molecule has 0 atom stereocenters. The lowest BCUT2D eigenvalue weighted by atomic mass is 10.4. The zero-order valence-corrected chi connectivity index (χ0v) is 13.6. The number of benzene rings is 1. The van der Waals surface area contributed by atoms with Crippen LogP contribution in [0.15, 0.2) is 34.5 Å². The van der Waals surface area contributed by atoms with Gasteiger partial charge in [-0.1, -0.05) is 0 Å². The van der Waals surface area contributed by atoms with Gasteiger partial charge >= 0.3 is 0 Å². The Balaban J connectivity index is 2.39. The van der Waals surface area contributed by atoms with E-state index in [0.717, 1.165) is 9.26 Å².